The number of non-ortho nitro benzene ring substituents is 1. The van der Waals surface area contributed by atoms with Gasteiger partial charge in [-0.1, -0.05) is 35.7 Å². The SMILES string of the molecule is CCCCC(Br)C(=O)c1cc([N+](=O)[O-])ccc1O. The normalized spacial score (nSPS) is 12.1. The highest BCUT2D eigenvalue weighted by Crippen LogP contribution is 2.27. The third kappa shape index (κ3) is 3.53. The van der Waals surface area contributed by atoms with E-state index in [9.17, 15) is 20.0 Å². The van der Waals surface area contributed by atoms with E-state index in [4.69, 9.17) is 0 Å². The Morgan fingerprint density at radius 2 is 2.22 bits per heavy atom. The van der Waals surface area contributed by atoms with Crippen LogP contribution < -0.4 is 0 Å². The molecule has 1 aromatic carbocycles. The Labute approximate surface area is 113 Å². The van der Waals surface area contributed by atoms with Crippen molar-refractivity contribution in [1.29, 1.82) is 0 Å². The number of carbonyl (C=O) groups excluding carboxylic acids is 1. The molecule has 0 aliphatic rings. The highest BCUT2D eigenvalue weighted by molar-refractivity contribution is 9.10. The second-order valence-electron chi connectivity index (χ2n) is 3.93. The van der Waals surface area contributed by atoms with Gasteiger partial charge in [-0.25, -0.2) is 0 Å². The molecular formula is C12H14BrNO4. The number of phenols is 1. The number of aromatic hydroxyl groups is 1. The molecule has 1 atom stereocenters. The van der Waals surface area contributed by atoms with Gasteiger partial charge in [0.2, 0.25) is 0 Å². The van der Waals surface area contributed by atoms with Crippen LogP contribution in [0.4, 0.5) is 5.69 Å². The van der Waals surface area contributed by atoms with Crippen LogP contribution in [0.15, 0.2) is 18.2 Å². The number of carbonyl (C=O) groups is 1. The van der Waals surface area contributed by atoms with Gasteiger partial charge < -0.3 is 5.11 Å². The number of alkyl halides is 1. The lowest BCUT2D eigenvalue weighted by Crippen LogP contribution is -2.14. The second-order valence-corrected chi connectivity index (χ2v) is 5.04. The molecule has 5 nitrogen and oxygen atoms in total. The zero-order valence-corrected chi connectivity index (χ0v) is 11.5. The Morgan fingerprint density at radius 3 is 2.78 bits per heavy atom. The zero-order valence-electron chi connectivity index (χ0n) is 9.93. The predicted octanol–water partition coefficient (Wildman–Crippen LogP) is 3.44. The molecule has 1 N–H and O–H groups in total. The number of nitro benzene ring substituents is 1. The highest BCUT2D eigenvalue weighted by atomic mass is 79.9. The number of nitro groups is 1. The Bertz CT molecular complexity index is 461. The van der Waals surface area contributed by atoms with Gasteiger partial charge in [0, 0.05) is 12.1 Å². The van der Waals surface area contributed by atoms with E-state index in [1.165, 1.54) is 12.1 Å². The first-order chi connectivity index (χ1) is 8.47. The third-order valence-electron chi connectivity index (χ3n) is 2.55. The number of ketones is 1. The van der Waals surface area contributed by atoms with Crippen molar-refractivity contribution in [1.82, 2.24) is 0 Å². The van der Waals surface area contributed by atoms with Crippen LogP contribution in [0.3, 0.4) is 0 Å². The lowest BCUT2D eigenvalue weighted by atomic mass is 10.0. The molecule has 0 radical (unpaired) electrons. The smallest absolute Gasteiger partial charge is 0.270 e. The first-order valence-electron chi connectivity index (χ1n) is 5.63. The first kappa shape index (κ1) is 14.6. The maximum Gasteiger partial charge on any atom is 0.270 e. The summed E-state index contributed by atoms with van der Waals surface area (Å²) in [5.41, 5.74) is -0.214. The number of phenolic OH excluding ortho intramolecular Hbond substituents is 1. The van der Waals surface area contributed by atoms with Crippen LogP contribution in [0.25, 0.3) is 0 Å². The topological polar surface area (TPSA) is 80.4 Å². The molecule has 0 aliphatic heterocycles. The van der Waals surface area contributed by atoms with Crippen molar-refractivity contribution in [2.24, 2.45) is 0 Å². The van der Waals surface area contributed by atoms with Gasteiger partial charge in [-0.3, -0.25) is 14.9 Å². The standard InChI is InChI=1S/C12H14BrNO4/c1-2-3-4-10(13)12(16)9-7-8(14(17)18)5-6-11(9)15/h5-7,10,15H,2-4H2,1H3. The van der Waals surface area contributed by atoms with Crippen LogP contribution in [0.1, 0.15) is 36.5 Å². The molecule has 0 spiro atoms. The molecule has 1 aromatic rings. The van der Waals surface area contributed by atoms with Crippen LogP contribution >= 0.6 is 15.9 Å². The minimum absolute atomic E-state index is 0.0119. The summed E-state index contributed by atoms with van der Waals surface area (Å²) in [6, 6.07) is 3.45. The van der Waals surface area contributed by atoms with E-state index < -0.39 is 9.75 Å². The van der Waals surface area contributed by atoms with Gasteiger partial charge in [0.1, 0.15) is 5.75 Å². The summed E-state index contributed by atoms with van der Waals surface area (Å²) in [5, 5.41) is 20.2. The molecule has 0 bridgehead atoms. The Balaban J connectivity index is 2.97. The Morgan fingerprint density at radius 1 is 1.56 bits per heavy atom. The fourth-order valence-electron chi connectivity index (χ4n) is 1.52. The Kier molecular flexibility index (Phi) is 5.27. The predicted molar refractivity (Wildman–Crippen MR) is 71.3 cm³/mol. The number of nitrogens with zero attached hydrogens (tertiary/aromatic N) is 1. The lowest BCUT2D eigenvalue weighted by molar-refractivity contribution is -0.384. The van der Waals surface area contributed by atoms with Gasteiger partial charge in [0.05, 0.1) is 15.3 Å². The second kappa shape index (κ2) is 6.49. The summed E-state index contributed by atoms with van der Waals surface area (Å²) in [5.74, 6) is -0.559. The molecule has 1 rings (SSSR count). The molecule has 18 heavy (non-hydrogen) atoms. The molecule has 1 unspecified atom stereocenters. The summed E-state index contributed by atoms with van der Waals surface area (Å²) in [7, 11) is 0. The molecule has 0 saturated carbocycles. The quantitative estimate of drug-likeness (QED) is 0.377. The number of halogens is 1. The van der Waals surface area contributed by atoms with Crippen molar-refractivity contribution in [3.8, 4) is 5.75 Å². The van der Waals surface area contributed by atoms with Gasteiger partial charge in [0.25, 0.3) is 5.69 Å². The van der Waals surface area contributed by atoms with Gasteiger partial charge in [0.15, 0.2) is 5.78 Å². The van der Waals surface area contributed by atoms with Crippen molar-refractivity contribution >= 4 is 27.4 Å². The molecule has 0 saturated heterocycles. The van der Waals surface area contributed by atoms with Crippen molar-refractivity contribution in [2.45, 2.75) is 31.0 Å². The highest BCUT2D eigenvalue weighted by Gasteiger charge is 2.22. The first-order valence-corrected chi connectivity index (χ1v) is 6.54. The van der Waals surface area contributed by atoms with Crippen molar-refractivity contribution < 1.29 is 14.8 Å². The molecule has 0 fully saturated rings. The van der Waals surface area contributed by atoms with E-state index in [-0.39, 0.29) is 22.8 Å². The van der Waals surface area contributed by atoms with Crippen LogP contribution in [0.5, 0.6) is 5.75 Å². The summed E-state index contributed by atoms with van der Waals surface area (Å²) in [6.07, 6.45) is 2.46. The molecule has 0 aromatic heterocycles. The van der Waals surface area contributed by atoms with Crippen molar-refractivity contribution in [3.05, 3.63) is 33.9 Å². The van der Waals surface area contributed by atoms with Gasteiger partial charge in [-0.15, -0.1) is 0 Å². The number of unbranched alkanes of at least 4 members (excludes halogenated alkanes) is 1. The number of benzene rings is 1. The summed E-state index contributed by atoms with van der Waals surface area (Å²) in [6.45, 7) is 2.01. The Hall–Kier alpha value is -1.43. The lowest BCUT2D eigenvalue weighted by Gasteiger charge is -2.09. The van der Waals surface area contributed by atoms with Gasteiger partial charge in [-0.05, 0) is 12.5 Å². The van der Waals surface area contributed by atoms with Crippen molar-refractivity contribution in [2.75, 3.05) is 0 Å². The number of hydrogen-bond donors (Lipinski definition) is 1. The largest absolute Gasteiger partial charge is 0.507 e. The number of hydrogen-bond acceptors (Lipinski definition) is 4. The van der Waals surface area contributed by atoms with Crippen LogP contribution in [0, 0.1) is 10.1 Å². The average Bonchev–Trinajstić information content (AvgIpc) is 2.35. The van der Waals surface area contributed by atoms with E-state index in [2.05, 4.69) is 15.9 Å². The van der Waals surface area contributed by atoms with Crippen LogP contribution in [-0.2, 0) is 0 Å². The maximum absolute atomic E-state index is 12.0. The van der Waals surface area contributed by atoms with Crippen LogP contribution in [-0.4, -0.2) is 20.6 Å². The summed E-state index contributed by atoms with van der Waals surface area (Å²) in [4.78, 5) is 21.6. The molecule has 0 aliphatic carbocycles. The van der Waals surface area contributed by atoms with Gasteiger partial charge in [-0.2, -0.15) is 0 Å². The minimum Gasteiger partial charge on any atom is -0.507 e. The monoisotopic (exact) mass is 315 g/mol. The average molecular weight is 316 g/mol. The van der Waals surface area contributed by atoms with E-state index >= 15 is 0 Å². The zero-order chi connectivity index (χ0) is 13.7. The number of Topliss-reactive ketones (excluding diaryl/α,β-unsaturated/α-hetero) is 1. The van der Waals surface area contributed by atoms with E-state index in [0.717, 1.165) is 18.9 Å². The molecule has 0 amide bonds. The van der Waals surface area contributed by atoms with E-state index in [0.29, 0.717) is 6.42 Å². The molecule has 98 valence electrons. The third-order valence-corrected chi connectivity index (χ3v) is 3.43. The fraction of sp³-hybridized carbons (Fsp3) is 0.417. The molecular weight excluding hydrogens is 302 g/mol. The minimum atomic E-state index is -0.592. The summed E-state index contributed by atoms with van der Waals surface area (Å²) >= 11 is 3.25. The molecule has 0 heterocycles. The fourth-order valence-corrected chi connectivity index (χ4v) is 2.09. The van der Waals surface area contributed by atoms with E-state index in [1.54, 1.807) is 0 Å². The molecule has 6 heteroatoms. The van der Waals surface area contributed by atoms with E-state index in [1.807, 2.05) is 6.92 Å². The van der Waals surface area contributed by atoms with Crippen LogP contribution in [0.2, 0.25) is 0 Å². The summed E-state index contributed by atoms with van der Waals surface area (Å²) < 4.78 is 0. The maximum atomic E-state index is 12.0. The van der Waals surface area contributed by atoms with Gasteiger partial charge >= 0.3 is 0 Å². The van der Waals surface area contributed by atoms with Crippen molar-refractivity contribution in [3.63, 3.8) is 0 Å². The number of rotatable bonds is 6.